The zero-order valence-corrected chi connectivity index (χ0v) is 14.0. The zero-order chi connectivity index (χ0) is 19.7. The van der Waals surface area contributed by atoms with Crippen LogP contribution in [0.1, 0.15) is 11.3 Å². The lowest BCUT2D eigenvalue weighted by Crippen LogP contribution is -2.53. The molecular formula is C14H13F3N4O4S. The third-order valence-corrected chi connectivity index (χ3v) is 3.86. The molecule has 1 atom stereocenters. The van der Waals surface area contributed by atoms with Crippen molar-refractivity contribution in [2.24, 2.45) is 0 Å². The summed E-state index contributed by atoms with van der Waals surface area (Å²) in [5.74, 6) is -2.95. The van der Waals surface area contributed by atoms with E-state index in [1.165, 1.54) is 6.20 Å². The van der Waals surface area contributed by atoms with Gasteiger partial charge in [-0.25, -0.2) is 4.79 Å². The van der Waals surface area contributed by atoms with Crippen LogP contribution in [0.25, 0.3) is 0 Å². The van der Waals surface area contributed by atoms with Gasteiger partial charge in [0, 0.05) is 6.20 Å². The van der Waals surface area contributed by atoms with Crippen molar-refractivity contribution in [3.05, 3.63) is 50.8 Å². The van der Waals surface area contributed by atoms with Gasteiger partial charge in [0.15, 0.2) is 4.77 Å². The summed E-state index contributed by atoms with van der Waals surface area (Å²) in [6.45, 7) is -0.204. The van der Waals surface area contributed by atoms with Gasteiger partial charge in [-0.05, 0) is 24.4 Å². The van der Waals surface area contributed by atoms with Crippen molar-refractivity contribution in [2.75, 3.05) is 12.8 Å². The van der Waals surface area contributed by atoms with Crippen LogP contribution in [0.3, 0.4) is 0 Å². The van der Waals surface area contributed by atoms with Gasteiger partial charge in [-0.2, -0.15) is 13.2 Å². The Morgan fingerprint density at radius 3 is 2.62 bits per heavy atom. The Morgan fingerprint density at radius 2 is 2.12 bits per heavy atom. The second-order valence-electron chi connectivity index (χ2n) is 5.13. The molecule has 0 saturated carbocycles. The Kier molecular flexibility index (Phi) is 5.18. The van der Waals surface area contributed by atoms with Crippen LogP contribution >= 0.6 is 12.2 Å². The van der Waals surface area contributed by atoms with Gasteiger partial charge in [-0.1, -0.05) is 6.07 Å². The summed E-state index contributed by atoms with van der Waals surface area (Å²) in [7, 11) is 0.632. The van der Waals surface area contributed by atoms with Crippen molar-refractivity contribution in [1.82, 2.24) is 14.5 Å². The summed E-state index contributed by atoms with van der Waals surface area (Å²) in [6, 6.07) is 4.78. The third-order valence-electron chi connectivity index (χ3n) is 3.54. The number of carbonyl (C=O) groups excluding carboxylic acids is 1. The van der Waals surface area contributed by atoms with Gasteiger partial charge in [0.2, 0.25) is 0 Å². The van der Waals surface area contributed by atoms with E-state index in [2.05, 4.69) is 9.72 Å². The number of halogens is 3. The fourth-order valence-electron chi connectivity index (χ4n) is 2.26. The Labute approximate surface area is 149 Å². The second kappa shape index (κ2) is 6.88. The zero-order valence-electron chi connectivity index (χ0n) is 13.2. The number of ether oxygens (including phenoxy) is 1. The fourth-order valence-corrected chi connectivity index (χ4v) is 2.51. The Bertz CT molecular complexity index is 942. The molecule has 12 heteroatoms. The number of nitrogens with two attached hydrogens (primary N) is 1. The molecular weight excluding hydrogens is 377 g/mol. The molecule has 0 aromatic carbocycles. The number of nitrogens with zero attached hydrogens (tertiary/aromatic N) is 2. The second-order valence-corrected chi connectivity index (χ2v) is 5.51. The standard InChI is InChI=1S/C14H13F3N4O4S/c1-25-11(23)13(24,14(15,16)17)8-9(18)21(12(26)20-10(8)22)6-7-4-2-3-5-19-7/h2-5,24H,6,18H2,1H3,(H,20,22,26). The molecule has 8 nitrogen and oxygen atoms in total. The number of alkyl halides is 3. The van der Waals surface area contributed by atoms with Crippen LogP contribution in [0.5, 0.6) is 0 Å². The average Bonchev–Trinajstić information content (AvgIpc) is 2.57. The SMILES string of the molecule is COC(=O)C(O)(c1c(N)n(Cc2ccccn2)c(=S)[nH]c1=O)C(F)(F)F. The average molecular weight is 390 g/mol. The molecule has 26 heavy (non-hydrogen) atoms. The molecule has 2 aromatic rings. The highest BCUT2D eigenvalue weighted by atomic mass is 32.1. The number of carbonyl (C=O) groups is 1. The molecule has 0 bridgehead atoms. The van der Waals surface area contributed by atoms with Crippen LogP contribution in [-0.2, 0) is 21.7 Å². The smallest absolute Gasteiger partial charge is 0.432 e. The van der Waals surface area contributed by atoms with Gasteiger partial charge in [0.25, 0.3) is 11.2 Å². The number of hydrogen-bond donors (Lipinski definition) is 3. The lowest BCUT2D eigenvalue weighted by molar-refractivity contribution is -0.267. The number of nitrogen functional groups attached to an aromatic ring is 1. The number of rotatable bonds is 4. The van der Waals surface area contributed by atoms with Crippen LogP contribution in [0.15, 0.2) is 29.2 Å². The molecule has 0 fully saturated rings. The number of aromatic amines is 1. The molecule has 0 aliphatic carbocycles. The highest BCUT2D eigenvalue weighted by molar-refractivity contribution is 7.71. The number of anilines is 1. The van der Waals surface area contributed by atoms with Crippen molar-refractivity contribution in [1.29, 1.82) is 0 Å². The lowest BCUT2D eigenvalue weighted by atomic mass is 9.94. The van der Waals surface area contributed by atoms with Gasteiger partial charge in [0.05, 0.1) is 19.3 Å². The molecule has 0 aliphatic heterocycles. The summed E-state index contributed by atoms with van der Waals surface area (Å²) in [6.07, 6.45) is -4.14. The first-order valence-corrected chi connectivity index (χ1v) is 7.35. The number of H-pyrrole nitrogens is 1. The Balaban J connectivity index is 2.77. The van der Waals surface area contributed by atoms with Gasteiger partial charge >= 0.3 is 12.1 Å². The van der Waals surface area contributed by atoms with E-state index < -0.39 is 34.7 Å². The minimum atomic E-state index is -5.58. The molecule has 140 valence electrons. The van der Waals surface area contributed by atoms with E-state index in [1.54, 1.807) is 18.2 Å². The Hall–Kier alpha value is -2.73. The quantitative estimate of drug-likeness (QED) is 0.522. The van der Waals surface area contributed by atoms with Crippen molar-refractivity contribution >= 4 is 24.0 Å². The normalized spacial score (nSPS) is 13.9. The highest BCUT2D eigenvalue weighted by Crippen LogP contribution is 2.40. The molecule has 0 spiro atoms. The first-order chi connectivity index (χ1) is 12.0. The number of aliphatic hydroxyl groups is 1. The van der Waals surface area contributed by atoms with Gasteiger partial charge in [-0.15, -0.1) is 0 Å². The molecule has 0 saturated heterocycles. The van der Waals surface area contributed by atoms with E-state index in [9.17, 15) is 27.9 Å². The van der Waals surface area contributed by atoms with Gasteiger partial charge < -0.3 is 15.6 Å². The summed E-state index contributed by atoms with van der Waals surface area (Å²) in [4.78, 5) is 29.7. The number of hydrogen-bond acceptors (Lipinski definition) is 7. The van der Waals surface area contributed by atoms with E-state index in [0.29, 0.717) is 12.8 Å². The van der Waals surface area contributed by atoms with Crippen molar-refractivity contribution < 1.29 is 27.8 Å². The maximum atomic E-state index is 13.4. The number of aromatic nitrogens is 3. The maximum absolute atomic E-state index is 13.4. The van der Waals surface area contributed by atoms with Crippen molar-refractivity contribution in [2.45, 2.75) is 18.3 Å². The number of methoxy groups -OCH3 is 1. The van der Waals surface area contributed by atoms with Crippen LogP contribution in [0.4, 0.5) is 19.0 Å². The maximum Gasteiger partial charge on any atom is 0.432 e. The molecule has 2 rings (SSSR count). The van der Waals surface area contributed by atoms with E-state index in [1.807, 2.05) is 4.98 Å². The first kappa shape index (κ1) is 19.6. The molecule has 0 amide bonds. The third kappa shape index (κ3) is 3.20. The van der Waals surface area contributed by atoms with E-state index in [0.717, 1.165) is 4.57 Å². The van der Waals surface area contributed by atoms with Crippen LogP contribution in [0.2, 0.25) is 0 Å². The van der Waals surface area contributed by atoms with E-state index in [4.69, 9.17) is 18.0 Å². The lowest BCUT2D eigenvalue weighted by Gasteiger charge is -2.28. The molecule has 0 radical (unpaired) electrons. The van der Waals surface area contributed by atoms with Gasteiger partial charge in [-0.3, -0.25) is 19.3 Å². The fraction of sp³-hybridized carbons (Fsp3) is 0.286. The first-order valence-electron chi connectivity index (χ1n) is 6.94. The Morgan fingerprint density at radius 1 is 1.46 bits per heavy atom. The highest BCUT2D eigenvalue weighted by Gasteiger charge is 2.64. The van der Waals surface area contributed by atoms with Crippen molar-refractivity contribution in [3.63, 3.8) is 0 Å². The largest absolute Gasteiger partial charge is 0.466 e. The molecule has 0 aliphatic rings. The predicted octanol–water partition coefficient (Wildman–Crippen LogP) is 0.854. The molecule has 2 heterocycles. The molecule has 2 aromatic heterocycles. The summed E-state index contributed by atoms with van der Waals surface area (Å²) in [5, 5.41) is 10.1. The molecule has 4 N–H and O–H groups in total. The van der Waals surface area contributed by atoms with Crippen LogP contribution in [-0.4, -0.2) is 38.9 Å². The number of pyridine rings is 1. The summed E-state index contributed by atoms with van der Waals surface area (Å²) in [5.41, 5.74) is -1.11. The van der Waals surface area contributed by atoms with Crippen LogP contribution in [0, 0.1) is 4.77 Å². The predicted molar refractivity (Wildman–Crippen MR) is 85.6 cm³/mol. The van der Waals surface area contributed by atoms with E-state index in [-0.39, 0.29) is 11.3 Å². The van der Waals surface area contributed by atoms with E-state index >= 15 is 0 Å². The summed E-state index contributed by atoms with van der Waals surface area (Å²) < 4.78 is 45.0. The minimum absolute atomic E-state index is 0.204. The minimum Gasteiger partial charge on any atom is -0.466 e. The van der Waals surface area contributed by atoms with Crippen LogP contribution < -0.4 is 11.3 Å². The van der Waals surface area contributed by atoms with Crippen molar-refractivity contribution in [3.8, 4) is 0 Å². The monoisotopic (exact) mass is 390 g/mol. The molecule has 1 unspecified atom stereocenters. The number of nitrogens with one attached hydrogen (secondary N) is 1. The number of esters is 1. The topological polar surface area (TPSA) is 123 Å². The van der Waals surface area contributed by atoms with Gasteiger partial charge in [0.1, 0.15) is 11.4 Å². The summed E-state index contributed by atoms with van der Waals surface area (Å²) >= 11 is 4.92.